The topological polar surface area (TPSA) is 0 Å². The number of thioether (sulfide) groups is 1. The fraction of sp³-hybridized carbons (Fsp3) is 0.500. The normalized spacial score (nSPS) is 14.0. The Bertz CT molecular complexity index is 263. The first-order valence-electron chi connectivity index (χ1n) is 4.81. The van der Waals surface area contributed by atoms with Gasteiger partial charge in [-0.15, -0.1) is 23.4 Å². The summed E-state index contributed by atoms with van der Waals surface area (Å²) in [5, 5.41) is 0.464. The summed E-state index contributed by atoms with van der Waals surface area (Å²) in [4.78, 5) is 1.30. The molecule has 0 N–H and O–H groups in total. The molecule has 1 atom stereocenters. The average Bonchev–Trinajstić information content (AvgIpc) is 2.14. The maximum Gasteiger partial charge on any atom is 0.0351 e. The molecule has 1 aromatic carbocycles. The van der Waals surface area contributed by atoms with Crippen LogP contribution in [-0.2, 0) is 0 Å². The van der Waals surface area contributed by atoms with Gasteiger partial charge in [0.1, 0.15) is 0 Å². The molecule has 0 nitrogen and oxygen atoms in total. The molecule has 1 unspecified atom stereocenters. The van der Waals surface area contributed by atoms with Gasteiger partial charge in [0.05, 0.1) is 0 Å². The molecule has 0 bridgehead atoms. The number of benzene rings is 1. The lowest BCUT2D eigenvalue weighted by Crippen LogP contribution is -2.24. The minimum atomic E-state index is 0.252. The van der Waals surface area contributed by atoms with Crippen molar-refractivity contribution in [2.45, 2.75) is 30.9 Å². The van der Waals surface area contributed by atoms with Crippen molar-refractivity contribution in [3.8, 4) is 0 Å². The van der Waals surface area contributed by atoms with Gasteiger partial charge in [0.2, 0.25) is 0 Å². The molecule has 0 amide bonds. The molecule has 1 rings (SSSR count). The highest BCUT2D eigenvalue weighted by Crippen LogP contribution is 2.35. The molecule has 2 heteroatoms. The van der Waals surface area contributed by atoms with Crippen molar-refractivity contribution in [2.24, 2.45) is 5.41 Å². The summed E-state index contributed by atoms with van der Waals surface area (Å²) in [6, 6.07) is 10.4. The molecule has 0 aliphatic rings. The Kier molecular flexibility index (Phi) is 4.33. The van der Waals surface area contributed by atoms with Gasteiger partial charge in [-0.3, -0.25) is 0 Å². The first-order valence-corrected chi connectivity index (χ1v) is 6.23. The third-order valence-electron chi connectivity index (χ3n) is 2.13. The Morgan fingerprint density at radius 1 is 1.21 bits per heavy atom. The molecule has 0 aliphatic heterocycles. The summed E-state index contributed by atoms with van der Waals surface area (Å²) in [6.45, 7) is 6.70. The van der Waals surface area contributed by atoms with Crippen LogP contribution in [0.1, 0.15) is 20.8 Å². The van der Waals surface area contributed by atoms with Gasteiger partial charge in [0, 0.05) is 16.0 Å². The molecular weight excluding hydrogens is 212 g/mol. The number of alkyl halides is 1. The molecule has 1 aromatic rings. The fourth-order valence-corrected chi connectivity index (χ4v) is 2.81. The van der Waals surface area contributed by atoms with Gasteiger partial charge >= 0.3 is 0 Å². The summed E-state index contributed by atoms with van der Waals surface area (Å²) in [5.41, 5.74) is 0.252. The third-order valence-corrected chi connectivity index (χ3v) is 4.32. The Hall–Kier alpha value is -0.140. The maximum absolute atomic E-state index is 5.98. The van der Waals surface area contributed by atoms with Crippen LogP contribution in [0, 0.1) is 5.41 Å². The average molecular weight is 229 g/mol. The predicted molar refractivity (Wildman–Crippen MR) is 66.3 cm³/mol. The molecule has 0 aromatic heterocycles. The molecule has 0 spiro atoms. The lowest BCUT2D eigenvalue weighted by atomic mass is 9.93. The molecule has 0 saturated heterocycles. The molecule has 0 aliphatic carbocycles. The van der Waals surface area contributed by atoms with Crippen LogP contribution in [0.3, 0.4) is 0 Å². The van der Waals surface area contributed by atoms with Crippen molar-refractivity contribution in [1.29, 1.82) is 0 Å². The van der Waals surface area contributed by atoms with E-state index in [-0.39, 0.29) is 5.41 Å². The molecule has 78 valence electrons. The highest BCUT2D eigenvalue weighted by molar-refractivity contribution is 8.00. The molecular formula is C12H17ClS. The number of hydrogen-bond acceptors (Lipinski definition) is 1. The summed E-state index contributed by atoms with van der Waals surface area (Å²) < 4.78 is 0. The smallest absolute Gasteiger partial charge is 0.0351 e. The molecule has 0 heterocycles. The van der Waals surface area contributed by atoms with Crippen LogP contribution in [0.25, 0.3) is 0 Å². The quantitative estimate of drug-likeness (QED) is 0.545. The highest BCUT2D eigenvalue weighted by Gasteiger charge is 2.24. The minimum absolute atomic E-state index is 0.252. The molecule has 14 heavy (non-hydrogen) atoms. The Morgan fingerprint density at radius 2 is 1.79 bits per heavy atom. The van der Waals surface area contributed by atoms with E-state index in [2.05, 4.69) is 45.0 Å². The lowest BCUT2D eigenvalue weighted by Gasteiger charge is -2.28. The van der Waals surface area contributed by atoms with Crippen molar-refractivity contribution in [1.82, 2.24) is 0 Å². The standard InChI is InChI=1S/C12H17ClS/c1-12(2,3)11(9-13)14-10-7-5-4-6-8-10/h4-8,11H,9H2,1-3H3. The van der Waals surface area contributed by atoms with Crippen LogP contribution in [0.5, 0.6) is 0 Å². The summed E-state index contributed by atoms with van der Waals surface area (Å²) >= 11 is 7.84. The SMILES string of the molecule is CC(C)(C)C(CCl)Sc1ccccc1. The fourth-order valence-electron chi connectivity index (χ4n) is 1.10. The van der Waals surface area contributed by atoms with Gasteiger partial charge in [0.15, 0.2) is 0 Å². The van der Waals surface area contributed by atoms with E-state index in [0.29, 0.717) is 11.1 Å². The second kappa shape index (κ2) is 5.09. The Morgan fingerprint density at radius 3 is 2.21 bits per heavy atom. The van der Waals surface area contributed by atoms with E-state index in [1.165, 1.54) is 4.90 Å². The van der Waals surface area contributed by atoms with Crippen LogP contribution in [0.15, 0.2) is 35.2 Å². The zero-order valence-electron chi connectivity index (χ0n) is 8.96. The number of hydrogen-bond donors (Lipinski definition) is 0. The van der Waals surface area contributed by atoms with Crippen molar-refractivity contribution in [3.63, 3.8) is 0 Å². The largest absolute Gasteiger partial charge is 0.125 e. The second-order valence-electron chi connectivity index (χ2n) is 4.44. The van der Waals surface area contributed by atoms with E-state index in [1.807, 2.05) is 17.8 Å². The molecule has 0 saturated carbocycles. The van der Waals surface area contributed by atoms with Crippen molar-refractivity contribution >= 4 is 23.4 Å². The number of rotatable bonds is 3. The van der Waals surface area contributed by atoms with Gasteiger partial charge in [-0.1, -0.05) is 39.0 Å². The van der Waals surface area contributed by atoms with E-state index >= 15 is 0 Å². The van der Waals surface area contributed by atoms with Gasteiger partial charge in [-0.2, -0.15) is 0 Å². The Balaban J connectivity index is 2.67. The zero-order chi connectivity index (χ0) is 10.6. The third kappa shape index (κ3) is 3.55. The summed E-state index contributed by atoms with van der Waals surface area (Å²) in [6.07, 6.45) is 0. The highest BCUT2D eigenvalue weighted by atomic mass is 35.5. The lowest BCUT2D eigenvalue weighted by molar-refractivity contribution is 0.413. The first kappa shape index (κ1) is 11.9. The van der Waals surface area contributed by atoms with Crippen LogP contribution >= 0.6 is 23.4 Å². The van der Waals surface area contributed by atoms with E-state index in [4.69, 9.17) is 11.6 Å². The van der Waals surface area contributed by atoms with Crippen LogP contribution < -0.4 is 0 Å². The van der Waals surface area contributed by atoms with Gasteiger partial charge in [-0.05, 0) is 17.5 Å². The van der Waals surface area contributed by atoms with E-state index in [9.17, 15) is 0 Å². The van der Waals surface area contributed by atoms with Crippen molar-refractivity contribution in [2.75, 3.05) is 5.88 Å². The predicted octanol–water partition coefficient (Wildman–Crippen LogP) is 4.43. The van der Waals surface area contributed by atoms with Crippen LogP contribution in [-0.4, -0.2) is 11.1 Å². The van der Waals surface area contributed by atoms with Gasteiger partial charge < -0.3 is 0 Å². The summed E-state index contributed by atoms with van der Waals surface area (Å²) in [7, 11) is 0. The van der Waals surface area contributed by atoms with Gasteiger partial charge in [0.25, 0.3) is 0 Å². The maximum atomic E-state index is 5.98. The van der Waals surface area contributed by atoms with E-state index in [0.717, 1.165) is 0 Å². The molecule has 0 radical (unpaired) electrons. The molecule has 0 fully saturated rings. The summed E-state index contributed by atoms with van der Waals surface area (Å²) in [5.74, 6) is 0.697. The number of halogens is 1. The van der Waals surface area contributed by atoms with Crippen LogP contribution in [0.2, 0.25) is 0 Å². The van der Waals surface area contributed by atoms with Gasteiger partial charge in [-0.25, -0.2) is 0 Å². The first-order chi connectivity index (χ1) is 6.54. The van der Waals surface area contributed by atoms with E-state index < -0.39 is 0 Å². The second-order valence-corrected chi connectivity index (χ2v) is 6.02. The zero-order valence-corrected chi connectivity index (χ0v) is 10.5. The monoisotopic (exact) mass is 228 g/mol. The van der Waals surface area contributed by atoms with E-state index in [1.54, 1.807) is 0 Å². The van der Waals surface area contributed by atoms with Crippen LogP contribution in [0.4, 0.5) is 0 Å². The Labute approximate surface area is 96.0 Å². The van der Waals surface area contributed by atoms with Crippen molar-refractivity contribution < 1.29 is 0 Å². The minimum Gasteiger partial charge on any atom is -0.125 e. The van der Waals surface area contributed by atoms with Crippen molar-refractivity contribution in [3.05, 3.63) is 30.3 Å².